The molecule has 0 aliphatic carbocycles. The Morgan fingerprint density at radius 1 is 1.18 bits per heavy atom. The molecular weight excluding hydrogens is 282 g/mol. The quantitative estimate of drug-likeness (QED) is 0.863. The van der Waals surface area contributed by atoms with Crippen molar-refractivity contribution in [3.05, 3.63) is 28.7 Å². The molecule has 1 fully saturated rings. The van der Waals surface area contributed by atoms with E-state index < -0.39 is 0 Å². The van der Waals surface area contributed by atoms with Gasteiger partial charge in [0.15, 0.2) is 0 Å². The van der Waals surface area contributed by atoms with Gasteiger partial charge in [-0.15, -0.1) is 0 Å². The number of nitrogens with zero attached hydrogens (tertiary/aromatic N) is 2. The summed E-state index contributed by atoms with van der Waals surface area (Å²) in [5, 5.41) is 2.90. The summed E-state index contributed by atoms with van der Waals surface area (Å²) in [6.45, 7) is 3.46. The third-order valence-electron chi connectivity index (χ3n) is 2.89. The summed E-state index contributed by atoms with van der Waals surface area (Å²) in [7, 11) is 2.07. The fourth-order valence-corrected chi connectivity index (χ4v) is 2.01. The van der Waals surface area contributed by atoms with Gasteiger partial charge in [0.05, 0.1) is 0 Å². The lowest BCUT2D eigenvalue weighted by Gasteiger charge is -2.32. The fourth-order valence-electron chi connectivity index (χ4n) is 1.75. The van der Waals surface area contributed by atoms with Gasteiger partial charge in [0.25, 0.3) is 0 Å². The molecule has 0 unspecified atom stereocenters. The number of amides is 2. The Labute approximate surface area is 110 Å². The van der Waals surface area contributed by atoms with Gasteiger partial charge in [0.2, 0.25) is 0 Å². The third-order valence-corrected chi connectivity index (χ3v) is 3.41. The van der Waals surface area contributed by atoms with Crippen LogP contribution in [-0.4, -0.2) is 49.1 Å². The first-order chi connectivity index (χ1) is 8.15. The number of carbonyl (C=O) groups is 1. The molecule has 1 aliphatic rings. The number of hydrogen-bond acceptors (Lipinski definition) is 2. The highest BCUT2D eigenvalue weighted by Crippen LogP contribution is 2.14. The molecule has 5 heteroatoms. The first kappa shape index (κ1) is 12.4. The summed E-state index contributed by atoms with van der Waals surface area (Å²) in [5.41, 5.74) is 0.831. The van der Waals surface area contributed by atoms with Crippen LogP contribution in [0, 0.1) is 0 Å². The van der Waals surface area contributed by atoms with Crippen molar-refractivity contribution >= 4 is 27.6 Å². The van der Waals surface area contributed by atoms with Gasteiger partial charge in [-0.3, -0.25) is 0 Å². The van der Waals surface area contributed by atoms with E-state index in [0.717, 1.165) is 36.3 Å². The predicted octanol–water partition coefficient (Wildman–Crippen LogP) is 2.23. The summed E-state index contributed by atoms with van der Waals surface area (Å²) in [5.74, 6) is 0. The molecule has 0 atom stereocenters. The predicted molar refractivity (Wildman–Crippen MR) is 72.2 cm³/mol. The Hall–Kier alpha value is -1.07. The Morgan fingerprint density at radius 2 is 1.76 bits per heavy atom. The zero-order chi connectivity index (χ0) is 12.3. The summed E-state index contributed by atoms with van der Waals surface area (Å²) >= 11 is 3.37. The number of rotatable bonds is 1. The van der Waals surface area contributed by atoms with Crippen molar-refractivity contribution in [1.29, 1.82) is 0 Å². The molecule has 92 valence electrons. The molecule has 1 saturated heterocycles. The number of carbonyl (C=O) groups excluding carboxylic acids is 1. The van der Waals surface area contributed by atoms with Gasteiger partial charge in [-0.2, -0.15) is 0 Å². The van der Waals surface area contributed by atoms with Crippen LogP contribution in [0.2, 0.25) is 0 Å². The van der Waals surface area contributed by atoms with Gasteiger partial charge in [0.1, 0.15) is 0 Å². The van der Waals surface area contributed by atoms with Crippen LogP contribution < -0.4 is 5.32 Å². The van der Waals surface area contributed by atoms with E-state index in [-0.39, 0.29) is 6.03 Å². The molecule has 4 nitrogen and oxygen atoms in total. The number of halogens is 1. The van der Waals surface area contributed by atoms with Crippen LogP contribution >= 0.6 is 15.9 Å². The highest BCUT2D eigenvalue weighted by atomic mass is 79.9. The topological polar surface area (TPSA) is 35.6 Å². The number of hydrogen-bond donors (Lipinski definition) is 1. The minimum Gasteiger partial charge on any atom is -0.322 e. The second-order valence-corrected chi connectivity index (χ2v) is 5.14. The van der Waals surface area contributed by atoms with Crippen LogP contribution in [0.1, 0.15) is 0 Å². The number of piperazine rings is 1. The van der Waals surface area contributed by atoms with Gasteiger partial charge >= 0.3 is 6.03 Å². The van der Waals surface area contributed by atoms with Crippen molar-refractivity contribution in [2.75, 3.05) is 38.5 Å². The van der Waals surface area contributed by atoms with Crippen molar-refractivity contribution in [2.24, 2.45) is 0 Å². The van der Waals surface area contributed by atoms with Gasteiger partial charge in [-0.05, 0) is 31.3 Å². The van der Waals surface area contributed by atoms with Crippen LogP contribution in [-0.2, 0) is 0 Å². The Morgan fingerprint density at radius 3 is 2.35 bits per heavy atom. The highest BCUT2D eigenvalue weighted by Gasteiger charge is 2.18. The SMILES string of the molecule is CN1CCN(C(=O)Nc2ccc(Br)cc2)CC1. The molecule has 0 saturated carbocycles. The lowest BCUT2D eigenvalue weighted by molar-refractivity contribution is 0.164. The van der Waals surface area contributed by atoms with E-state index in [1.54, 1.807) is 0 Å². The summed E-state index contributed by atoms with van der Waals surface area (Å²) in [6, 6.07) is 7.59. The minimum atomic E-state index is -0.0135. The number of benzene rings is 1. The second-order valence-electron chi connectivity index (χ2n) is 4.23. The summed E-state index contributed by atoms with van der Waals surface area (Å²) in [4.78, 5) is 16.0. The molecule has 1 aromatic rings. The van der Waals surface area contributed by atoms with Crippen LogP contribution in [0.3, 0.4) is 0 Å². The fraction of sp³-hybridized carbons (Fsp3) is 0.417. The second kappa shape index (κ2) is 5.51. The van der Waals surface area contributed by atoms with E-state index in [4.69, 9.17) is 0 Å². The first-order valence-electron chi connectivity index (χ1n) is 5.65. The summed E-state index contributed by atoms with van der Waals surface area (Å²) in [6.07, 6.45) is 0. The normalized spacial score (nSPS) is 16.9. The van der Waals surface area contributed by atoms with E-state index in [0.29, 0.717) is 0 Å². The Kier molecular flexibility index (Phi) is 4.02. The molecule has 1 N–H and O–H groups in total. The van der Waals surface area contributed by atoms with E-state index in [1.807, 2.05) is 29.2 Å². The molecule has 1 heterocycles. The van der Waals surface area contributed by atoms with Crippen LogP contribution in [0.15, 0.2) is 28.7 Å². The number of anilines is 1. The molecule has 2 amide bonds. The standard InChI is InChI=1S/C12H16BrN3O/c1-15-6-8-16(9-7-15)12(17)14-11-4-2-10(13)3-5-11/h2-5H,6-9H2,1H3,(H,14,17). The van der Waals surface area contributed by atoms with Gasteiger partial charge < -0.3 is 15.1 Å². The van der Waals surface area contributed by atoms with Crippen molar-refractivity contribution in [2.45, 2.75) is 0 Å². The molecule has 0 spiro atoms. The van der Waals surface area contributed by atoms with Crippen molar-refractivity contribution in [3.8, 4) is 0 Å². The Bertz CT molecular complexity index is 385. The zero-order valence-electron chi connectivity index (χ0n) is 9.82. The molecule has 2 rings (SSSR count). The minimum absolute atomic E-state index is 0.0135. The van der Waals surface area contributed by atoms with Crippen LogP contribution in [0.25, 0.3) is 0 Å². The molecule has 1 aromatic carbocycles. The Balaban J connectivity index is 1.90. The van der Waals surface area contributed by atoms with E-state index in [9.17, 15) is 4.79 Å². The monoisotopic (exact) mass is 297 g/mol. The lowest BCUT2D eigenvalue weighted by atomic mass is 10.3. The van der Waals surface area contributed by atoms with E-state index >= 15 is 0 Å². The molecule has 0 radical (unpaired) electrons. The molecule has 0 aromatic heterocycles. The van der Waals surface area contributed by atoms with Crippen molar-refractivity contribution in [1.82, 2.24) is 9.80 Å². The average molecular weight is 298 g/mol. The smallest absolute Gasteiger partial charge is 0.321 e. The van der Waals surface area contributed by atoms with Crippen LogP contribution in [0.4, 0.5) is 10.5 Å². The maximum absolute atomic E-state index is 11.9. The van der Waals surface area contributed by atoms with Crippen molar-refractivity contribution in [3.63, 3.8) is 0 Å². The molecule has 17 heavy (non-hydrogen) atoms. The van der Waals surface area contributed by atoms with E-state index in [1.165, 1.54) is 0 Å². The van der Waals surface area contributed by atoms with Gasteiger partial charge in [-0.25, -0.2) is 4.79 Å². The average Bonchev–Trinajstić information content (AvgIpc) is 2.33. The maximum atomic E-state index is 11.9. The van der Waals surface area contributed by atoms with Gasteiger partial charge in [-0.1, -0.05) is 15.9 Å². The maximum Gasteiger partial charge on any atom is 0.321 e. The largest absolute Gasteiger partial charge is 0.322 e. The molecule has 0 bridgehead atoms. The number of urea groups is 1. The summed E-state index contributed by atoms with van der Waals surface area (Å²) < 4.78 is 1.01. The van der Waals surface area contributed by atoms with E-state index in [2.05, 4.69) is 33.2 Å². The molecule has 1 aliphatic heterocycles. The highest BCUT2D eigenvalue weighted by molar-refractivity contribution is 9.10. The molecular formula is C12H16BrN3O. The lowest BCUT2D eigenvalue weighted by Crippen LogP contribution is -2.48. The third kappa shape index (κ3) is 3.44. The number of likely N-dealkylation sites (N-methyl/N-ethyl adjacent to an activating group) is 1. The van der Waals surface area contributed by atoms with Crippen LogP contribution in [0.5, 0.6) is 0 Å². The first-order valence-corrected chi connectivity index (χ1v) is 6.44. The zero-order valence-corrected chi connectivity index (χ0v) is 11.4. The van der Waals surface area contributed by atoms with Crippen molar-refractivity contribution < 1.29 is 4.79 Å². The van der Waals surface area contributed by atoms with Gasteiger partial charge in [0, 0.05) is 36.3 Å². The number of nitrogens with one attached hydrogen (secondary N) is 1.